The van der Waals surface area contributed by atoms with Crippen molar-refractivity contribution in [1.29, 1.82) is 0 Å². The number of ether oxygens (including phenoxy) is 1. The number of benzene rings is 2. The summed E-state index contributed by atoms with van der Waals surface area (Å²) in [6, 6.07) is 12.6. The monoisotopic (exact) mass is 407 g/mol. The highest BCUT2D eigenvalue weighted by molar-refractivity contribution is 6.35. The molecule has 1 heterocycles. The summed E-state index contributed by atoms with van der Waals surface area (Å²) >= 11 is 5.78. The van der Waals surface area contributed by atoms with Crippen LogP contribution < -0.4 is 15.8 Å². The van der Waals surface area contributed by atoms with Crippen LogP contribution in [0.4, 0.5) is 24.5 Å². The molecule has 0 saturated carbocycles. The van der Waals surface area contributed by atoms with Crippen molar-refractivity contribution in [2.24, 2.45) is 0 Å². The van der Waals surface area contributed by atoms with Gasteiger partial charge in [0.25, 0.3) is 5.91 Å². The summed E-state index contributed by atoms with van der Waals surface area (Å²) in [7, 11) is 0. The van der Waals surface area contributed by atoms with Gasteiger partial charge in [-0.2, -0.15) is 13.2 Å². The van der Waals surface area contributed by atoms with Gasteiger partial charge in [-0.1, -0.05) is 23.7 Å². The molecule has 3 aromatic rings. The van der Waals surface area contributed by atoms with Gasteiger partial charge in [0, 0.05) is 17.8 Å². The Balaban J connectivity index is 1.79. The predicted molar refractivity (Wildman–Crippen MR) is 99.6 cm³/mol. The standard InChI is InChI=1S/C19H13ClF3N3O2/c20-17-14(5-2-6-15(17)19(21,22)23)18(27)26-12-3-1-4-13(9-12)28-16-8-7-11(24)10-25-16/h1-10H,24H2,(H,26,27). The van der Waals surface area contributed by atoms with E-state index in [1.807, 2.05) is 0 Å². The molecule has 0 bridgehead atoms. The quantitative estimate of drug-likeness (QED) is 0.608. The van der Waals surface area contributed by atoms with Gasteiger partial charge in [-0.05, 0) is 30.3 Å². The van der Waals surface area contributed by atoms with E-state index >= 15 is 0 Å². The predicted octanol–water partition coefficient (Wildman–Crippen LogP) is 5.38. The van der Waals surface area contributed by atoms with Crippen LogP contribution in [0.3, 0.4) is 0 Å². The summed E-state index contributed by atoms with van der Waals surface area (Å²) in [5.74, 6) is -0.123. The van der Waals surface area contributed by atoms with E-state index in [9.17, 15) is 18.0 Å². The third kappa shape index (κ3) is 4.52. The molecule has 9 heteroatoms. The molecule has 28 heavy (non-hydrogen) atoms. The smallest absolute Gasteiger partial charge is 0.417 e. The molecule has 0 fully saturated rings. The second-order valence-electron chi connectivity index (χ2n) is 5.68. The third-order valence-corrected chi connectivity index (χ3v) is 4.03. The van der Waals surface area contributed by atoms with Gasteiger partial charge in [0.2, 0.25) is 5.88 Å². The molecule has 1 amide bonds. The summed E-state index contributed by atoms with van der Waals surface area (Å²) < 4.78 is 44.4. The number of halogens is 4. The third-order valence-electron chi connectivity index (χ3n) is 3.62. The van der Waals surface area contributed by atoms with Gasteiger partial charge >= 0.3 is 6.18 Å². The fraction of sp³-hybridized carbons (Fsp3) is 0.0526. The van der Waals surface area contributed by atoms with Crippen LogP contribution in [-0.4, -0.2) is 10.9 Å². The van der Waals surface area contributed by atoms with E-state index in [4.69, 9.17) is 22.1 Å². The molecule has 0 aliphatic carbocycles. The van der Waals surface area contributed by atoms with E-state index < -0.39 is 22.7 Å². The van der Waals surface area contributed by atoms with Crippen LogP contribution in [0, 0.1) is 0 Å². The maximum atomic E-state index is 13.0. The Hall–Kier alpha value is -3.26. The minimum Gasteiger partial charge on any atom is -0.439 e. The number of carbonyl (C=O) groups excluding carboxylic acids is 1. The average Bonchev–Trinajstić information content (AvgIpc) is 2.63. The molecular formula is C19H13ClF3N3O2. The molecule has 0 spiro atoms. The van der Waals surface area contributed by atoms with Crippen molar-refractivity contribution in [2.75, 3.05) is 11.1 Å². The maximum Gasteiger partial charge on any atom is 0.417 e. The highest BCUT2D eigenvalue weighted by atomic mass is 35.5. The number of aromatic nitrogens is 1. The highest BCUT2D eigenvalue weighted by Crippen LogP contribution is 2.36. The number of amides is 1. The van der Waals surface area contributed by atoms with Crippen LogP contribution in [-0.2, 0) is 6.18 Å². The summed E-state index contributed by atoms with van der Waals surface area (Å²) in [6.45, 7) is 0. The van der Waals surface area contributed by atoms with Crippen molar-refractivity contribution >= 4 is 28.9 Å². The SMILES string of the molecule is Nc1ccc(Oc2cccc(NC(=O)c3cccc(C(F)(F)F)c3Cl)c2)nc1. The fourth-order valence-corrected chi connectivity index (χ4v) is 2.65. The van der Waals surface area contributed by atoms with Crippen LogP contribution in [0.25, 0.3) is 0 Å². The van der Waals surface area contributed by atoms with Crippen LogP contribution in [0.1, 0.15) is 15.9 Å². The molecule has 5 nitrogen and oxygen atoms in total. The van der Waals surface area contributed by atoms with Crippen molar-refractivity contribution in [3.05, 3.63) is 76.9 Å². The van der Waals surface area contributed by atoms with Crippen LogP contribution in [0.5, 0.6) is 11.6 Å². The lowest BCUT2D eigenvalue weighted by Crippen LogP contribution is -2.15. The second kappa shape index (κ2) is 7.77. The number of anilines is 2. The maximum absolute atomic E-state index is 13.0. The van der Waals surface area contributed by atoms with Gasteiger partial charge in [-0.15, -0.1) is 0 Å². The molecule has 0 aliphatic rings. The number of hydrogen-bond acceptors (Lipinski definition) is 4. The molecule has 3 N–H and O–H groups in total. The molecule has 3 rings (SSSR count). The first-order chi connectivity index (χ1) is 13.2. The van der Waals surface area contributed by atoms with Crippen LogP contribution in [0.15, 0.2) is 60.8 Å². The molecule has 2 aromatic carbocycles. The Bertz CT molecular complexity index is 1010. The number of rotatable bonds is 4. The zero-order valence-electron chi connectivity index (χ0n) is 14.1. The lowest BCUT2D eigenvalue weighted by molar-refractivity contribution is -0.137. The largest absolute Gasteiger partial charge is 0.439 e. The first-order valence-corrected chi connectivity index (χ1v) is 8.28. The van der Waals surface area contributed by atoms with Crippen molar-refractivity contribution in [3.8, 4) is 11.6 Å². The number of nitrogen functional groups attached to an aromatic ring is 1. The molecule has 0 atom stereocenters. The van der Waals surface area contributed by atoms with E-state index in [0.29, 0.717) is 23.0 Å². The first-order valence-electron chi connectivity index (χ1n) is 7.90. The molecule has 1 aromatic heterocycles. The fourth-order valence-electron chi connectivity index (χ4n) is 2.33. The van der Waals surface area contributed by atoms with E-state index in [2.05, 4.69) is 10.3 Å². The first kappa shape index (κ1) is 19.5. The molecule has 144 valence electrons. The number of nitrogens with zero attached hydrogens (tertiary/aromatic N) is 1. The number of nitrogens with two attached hydrogens (primary N) is 1. The highest BCUT2D eigenvalue weighted by Gasteiger charge is 2.34. The zero-order valence-corrected chi connectivity index (χ0v) is 14.9. The van der Waals surface area contributed by atoms with E-state index in [0.717, 1.165) is 12.1 Å². The normalized spacial score (nSPS) is 11.1. The van der Waals surface area contributed by atoms with Gasteiger partial charge in [0.15, 0.2) is 0 Å². The van der Waals surface area contributed by atoms with Crippen LogP contribution >= 0.6 is 11.6 Å². The minimum absolute atomic E-state index is 0.289. The van der Waals surface area contributed by atoms with Crippen molar-refractivity contribution in [1.82, 2.24) is 4.98 Å². The van der Waals surface area contributed by atoms with Gasteiger partial charge < -0.3 is 15.8 Å². The van der Waals surface area contributed by atoms with Crippen molar-refractivity contribution < 1.29 is 22.7 Å². The van der Waals surface area contributed by atoms with Gasteiger partial charge in [0.1, 0.15) is 5.75 Å². The second-order valence-corrected chi connectivity index (χ2v) is 6.06. The molecule has 0 aliphatic heterocycles. The van der Waals surface area contributed by atoms with Gasteiger partial charge in [-0.25, -0.2) is 4.98 Å². The number of nitrogens with one attached hydrogen (secondary N) is 1. The Kier molecular flexibility index (Phi) is 5.41. The van der Waals surface area contributed by atoms with Gasteiger partial charge in [0.05, 0.1) is 28.0 Å². The number of pyridine rings is 1. The molecule has 0 radical (unpaired) electrons. The summed E-state index contributed by atoms with van der Waals surface area (Å²) in [4.78, 5) is 16.4. The van der Waals surface area contributed by atoms with E-state index in [1.165, 1.54) is 18.3 Å². The lowest BCUT2D eigenvalue weighted by atomic mass is 10.1. The zero-order chi connectivity index (χ0) is 20.3. The lowest BCUT2D eigenvalue weighted by Gasteiger charge is -2.13. The Morgan fingerprint density at radius 2 is 1.86 bits per heavy atom. The Morgan fingerprint density at radius 1 is 1.11 bits per heavy atom. The number of alkyl halides is 3. The molecule has 0 saturated heterocycles. The van der Waals surface area contributed by atoms with Crippen molar-refractivity contribution in [3.63, 3.8) is 0 Å². The molecular weight excluding hydrogens is 395 g/mol. The molecule has 0 unspecified atom stereocenters. The topological polar surface area (TPSA) is 77.2 Å². The summed E-state index contributed by atoms with van der Waals surface area (Å²) in [5, 5.41) is 1.84. The Labute approximate surface area is 162 Å². The number of hydrogen-bond donors (Lipinski definition) is 2. The summed E-state index contributed by atoms with van der Waals surface area (Å²) in [6.07, 6.45) is -3.23. The summed E-state index contributed by atoms with van der Waals surface area (Å²) in [5.41, 5.74) is 4.98. The Morgan fingerprint density at radius 3 is 2.54 bits per heavy atom. The minimum atomic E-state index is -4.66. The number of carbonyl (C=O) groups is 1. The average molecular weight is 408 g/mol. The van der Waals surface area contributed by atoms with E-state index in [1.54, 1.807) is 30.3 Å². The van der Waals surface area contributed by atoms with Crippen LogP contribution in [0.2, 0.25) is 5.02 Å². The van der Waals surface area contributed by atoms with E-state index in [-0.39, 0.29) is 5.56 Å². The van der Waals surface area contributed by atoms with Crippen molar-refractivity contribution in [2.45, 2.75) is 6.18 Å². The van der Waals surface area contributed by atoms with Gasteiger partial charge in [-0.3, -0.25) is 4.79 Å².